The lowest BCUT2D eigenvalue weighted by Gasteiger charge is -2.16. The van der Waals surface area contributed by atoms with Gasteiger partial charge in [-0.25, -0.2) is 4.98 Å². The number of hydrogen-bond donors (Lipinski definition) is 0. The molecule has 2 heterocycles. The second-order valence-corrected chi connectivity index (χ2v) is 8.19. The summed E-state index contributed by atoms with van der Waals surface area (Å²) in [5.41, 5.74) is 2.50. The number of carbonyl (C=O) groups excluding carboxylic acids is 1. The molecule has 28 heavy (non-hydrogen) atoms. The van der Waals surface area contributed by atoms with E-state index in [0.717, 1.165) is 12.1 Å². The lowest BCUT2D eigenvalue weighted by atomic mass is 9.98. The van der Waals surface area contributed by atoms with Crippen molar-refractivity contribution in [3.05, 3.63) is 64.4 Å². The Bertz CT molecular complexity index is 1080. The summed E-state index contributed by atoms with van der Waals surface area (Å²) < 4.78 is 6.69. The minimum absolute atomic E-state index is 0.129. The summed E-state index contributed by atoms with van der Waals surface area (Å²) in [6.07, 6.45) is 1.68. The fraction of sp³-hybridized carbons (Fsp3) is 0.318. The summed E-state index contributed by atoms with van der Waals surface area (Å²) in [6.45, 7) is 4.76. The first-order valence-electron chi connectivity index (χ1n) is 9.54. The largest absolute Gasteiger partial charge is 0.465 e. The molecule has 0 saturated carbocycles. The predicted octanol–water partition coefficient (Wildman–Crippen LogP) is 4.31. The molecule has 1 fully saturated rings. The molecular formula is C22H22N2O3S. The molecule has 0 bridgehead atoms. The number of rotatable bonds is 5. The lowest BCUT2D eigenvalue weighted by Crippen LogP contribution is -2.23. The van der Waals surface area contributed by atoms with Gasteiger partial charge in [-0.2, -0.15) is 0 Å². The summed E-state index contributed by atoms with van der Waals surface area (Å²) in [7, 11) is 0. The quantitative estimate of drug-likeness (QED) is 0.477. The van der Waals surface area contributed by atoms with Gasteiger partial charge in [-0.15, -0.1) is 0 Å². The molecule has 0 N–H and O–H groups in total. The average Bonchev–Trinajstić information content (AvgIpc) is 3.12. The third-order valence-electron chi connectivity index (χ3n) is 5.21. The monoisotopic (exact) mass is 394 g/mol. The van der Waals surface area contributed by atoms with Crippen LogP contribution >= 0.6 is 11.8 Å². The maximum absolute atomic E-state index is 13.3. The molecule has 1 saturated heterocycles. The van der Waals surface area contributed by atoms with Crippen LogP contribution in [0.3, 0.4) is 0 Å². The Kier molecular flexibility index (Phi) is 5.22. The number of benzene rings is 2. The summed E-state index contributed by atoms with van der Waals surface area (Å²) >= 11 is 1.30. The molecule has 0 aliphatic carbocycles. The van der Waals surface area contributed by atoms with E-state index in [4.69, 9.17) is 9.72 Å². The molecule has 2 atom stereocenters. The molecule has 0 spiro atoms. The van der Waals surface area contributed by atoms with Gasteiger partial charge >= 0.3 is 5.97 Å². The molecule has 0 unspecified atom stereocenters. The highest BCUT2D eigenvalue weighted by Gasteiger charge is 2.29. The van der Waals surface area contributed by atoms with Crippen molar-refractivity contribution in [2.45, 2.75) is 43.0 Å². The first-order chi connectivity index (χ1) is 13.6. The summed E-state index contributed by atoms with van der Waals surface area (Å²) in [5.74, 6) is 0.216. The summed E-state index contributed by atoms with van der Waals surface area (Å²) in [5, 5.41) is 0.745. The number of ether oxygens (including phenoxy) is 1. The van der Waals surface area contributed by atoms with E-state index in [9.17, 15) is 9.59 Å². The van der Waals surface area contributed by atoms with Crippen LogP contribution in [0.5, 0.6) is 0 Å². The van der Waals surface area contributed by atoms with Gasteiger partial charge < -0.3 is 4.74 Å². The maximum Gasteiger partial charge on any atom is 0.319 e. The highest BCUT2D eigenvalue weighted by molar-refractivity contribution is 8.00. The third kappa shape index (κ3) is 3.44. The number of cyclic esters (lactones) is 1. The molecule has 1 aliphatic rings. The summed E-state index contributed by atoms with van der Waals surface area (Å²) in [6, 6.07) is 15.3. The Morgan fingerprint density at radius 1 is 1.18 bits per heavy atom. The number of fused-ring (bicyclic) bond motifs is 1. The molecule has 3 aromatic rings. The molecule has 6 heteroatoms. The smallest absolute Gasteiger partial charge is 0.319 e. The van der Waals surface area contributed by atoms with Crippen LogP contribution in [0.1, 0.15) is 38.2 Å². The molecule has 4 rings (SSSR count). The SMILES string of the molecule is CC[C@H](C)c1ccc(-n2c(S[C@@H]3CCOC3=O)nc3ccccc3c2=O)cc1. The molecule has 5 nitrogen and oxygen atoms in total. The molecular weight excluding hydrogens is 372 g/mol. The highest BCUT2D eigenvalue weighted by atomic mass is 32.2. The van der Waals surface area contributed by atoms with Crippen molar-refractivity contribution in [1.29, 1.82) is 0 Å². The van der Waals surface area contributed by atoms with Crippen LogP contribution in [0.4, 0.5) is 0 Å². The van der Waals surface area contributed by atoms with Crippen molar-refractivity contribution in [3.8, 4) is 5.69 Å². The number of hydrogen-bond acceptors (Lipinski definition) is 5. The molecule has 1 aliphatic heterocycles. The van der Waals surface area contributed by atoms with Crippen LogP contribution in [-0.2, 0) is 9.53 Å². The maximum atomic E-state index is 13.3. The van der Waals surface area contributed by atoms with E-state index in [1.807, 2.05) is 30.3 Å². The summed E-state index contributed by atoms with van der Waals surface area (Å²) in [4.78, 5) is 29.9. The van der Waals surface area contributed by atoms with E-state index in [1.165, 1.54) is 17.3 Å². The minimum atomic E-state index is -0.335. The number of para-hydroxylation sites is 1. The van der Waals surface area contributed by atoms with Crippen LogP contribution in [0.15, 0.2) is 58.5 Å². The van der Waals surface area contributed by atoms with Crippen LogP contribution in [0.25, 0.3) is 16.6 Å². The van der Waals surface area contributed by atoms with Crippen molar-refractivity contribution in [3.63, 3.8) is 0 Å². The van der Waals surface area contributed by atoms with Gasteiger partial charge in [0.1, 0.15) is 5.25 Å². The fourth-order valence-corrected chi connectivity index (χ4v) is 4.40. The lowest BCUT2D eigenvalue weighted by molar-refractivity contribution is -0.137. The fourth-order valence-electron chi connectivity index (χ4n) is 3.32. The van der Waals surface area contributed by atoms with Crippen molar-refractivity contribution in [2.75, 3.05) is 6.61 Å². The van der Waals surface area contributed by atoms with Gasteiger partial charge in [0, 0.05) is 6.42 Å². The molecule has 0 amide bonds. The number of thioether (sulfide) groups is 1. The third-order valence-corrected chi connectivity index (χ3v) is 6.41. The average molecular weight is 394 g/mol. The van der Waals surface area contributed by atoms with Gasteiger partial charge in [0.15, 0.2) is 5.16 Å². The first kappa shape index (κ1) is 18.7. The van der Waals surface area contributed by atoms with Gasteiger partial charge in [-0.1, -0.05) is 49.9 Å². The Balaban J connectivity index is 1.85. The van der Waals surface area contributed by atoms with E-state index >= 15 is 0 Å². The van der Waals surface area contributed by atoms with Gasteiger partial charge in [-0.3, -0.25) is 14.2 Å². The minimum Gasteiger partial charge on any atom is -0.465 e. The Labute approximate surface area is 167 Å². The Morgan fingerprint density at radius 2 is 1.93 bits per heavy atom. The number of carbonyl (C=O) groups is 1. The van der Waals surface area contributed by atoms with E-state index in [2.05, 4.69) is 26.0 Å². The Hall–Kier alpha value is -2.60. The standard InChI is InChI=1S/C22H22N2O3S/c1-3-14(2)15-8-10-16(11-9-15)24-20(25)17-6-4-5-7-18(17)23-22(24)28-19-12-13-27-21(19)26/h4-11,14,19H,3,12-13H2,1-2H3/t14-,19+/m0/s1. The van der Waals surface area contributed by atoms with Crippen LogP contribution < -0.4 is 5.56 Å². The van der Waals surface area contributed by atoms with Gasteiger partial charge in [-0.05, 0) is 42.2 Å². The van der Waals surface area contributed by atoms with Crippen molar-refractivity contribution >= 4 is 28.6 Å². The normalized spacial score (nSPS) is 17.6. The zero-order valence-electron chi connectivity index (χ0n) is 15.9. The van der Waals surface area contributed by atoms with Gasteiger partial charge in [0.05, 0.1) is 23.2 Å². The van der Waals surface area contributed by atoms with Gasteiger partial charge in [0.25, 0.3) is 5.56 Å². The second kappa shape index (κ2) is 7.80. The molecule has 144 valence electrons. The Morgan fingerprint density at radius 3 is 2.61 bits per heavy atom. The van der Waals surface area contributed by atoms with E-state index in [1.54, 1.807) is 10.6 Å². The van der Waals surface area contributed by atoms with Crippen molar-refractivity contribution in [1.82, 2.24) is 9.55 Å². The van der Waals surface area contributed by atoms with E-state index in [-0.39, 0.29) is 16.8 Å². The molecule has 1 aromatic heterocycles. The van der Waals surface area contributed by atoms with Crippen LogP contribution in [-0.4, -0.2) is 27.4 Å². The number of aromatic nitrogens is 2. The topological polar surface area (TPSA) is 61.2 Å². The van der Waals surface area contributed by atoms with Gasteiger partial charge in [0.2, 0.25) is 0 Å². The van der Waals surface area contributed by atoms with Crippen LogP contribution in [0.2, 0.25) is 0 Å². The molecule has 2 aromatic carbocycles. The van der Waals surface area contributed by atoms with Crippen molar-refractivity contribution < 1.29 is 9.53 Å². The van der Waals surface area contributed by atoms with Crippen LogP contribution in [0, 0.1) is 0 Å². The highest BCUT2D eigenvalue weighted by Crippen LogP contribution is 2.30. The number of nitrogens with zero attached hydrogens (tertiary/aromatic N) is 2. The zero-order valence-corrected chi connectivity index (χ0v) is 16.7. The first-order valence-corrected chi connectivity index (χ1v) is 10.4. The zero-order chi connectivity index (χ0) is 19.7. The second-order valence-electron chi connectivity index (χ2n) is 7.02. The molecule has 0 radical (unpaired) electrons. The van der Waals surface area contributed by atoms with E-state index < -0.39 is 0 Å². The predicted molar refractivity (Wildman–Crippen MR) is 111 cm³/mol. The number of esters is 1. The van der Waals surface area contributed by atoms with Crippen molar-refractivity contribution in [2.24, 2.45) is 0 Å². The van der Waals surface area contributed by atoms with E-state index in [0.29, 0.717) is 35.0 Å².